The summed E-state index contributed by atoms with van der Waals surface area (Å²) < 4.78 is 3.53. The molecule has 0 spiro atoms. The van der Waals surface area contributed by atoms with Crippen LogP contribution in [0.5, 0.6) is 0 Å². The fourth-order valence-corrected chi connectivity index (χ4v) is 3.48. The Kier molecular flexibility index (Phi) is 3.55. The number of nitrogens with zero attached hydrogens (tertiary/aromatic N) is 5. The zero-order valence-corrected chi connectivity index (χ0v) is 14.0. The molecule has 0 saturated heterocycles. The molecular formula is C15H11ClN6OS. The Morgan fingerprint density at radius 1 is 1.33 bits per heavy atom. The van der Waals surface area contributed by atoms with Crippen molar-refractivity contribution in [2.75, 3.05) is 0 Å². The van der Waals surface area contributed by atoms with Crippen LogP contribution in [0.15, 0.2) is 41.1 Å². The van der Waals surface area contributed by atoms with Gasteiger partial charge in [0.25, 0.3) is 5.91 Å². The average molecular weight is 359 g/mol. The highest BCUT2D eigenvalue weighted by molar-refractivity contribution is 7.15. The van der Waals surface area contributed by atoms with Gasteiger partial charge in [0.2, 0.25) is 0 Å². The molecule has 0 radical (unpaired) electrons. The molecule has 0 aliphatic heterocycles. The summed E-state index contributed by atoms with van der Waals surface area (Å²) in [5.41, 5.74) is 4.92. The fourth-order valence-electron chi connectivity index (χ4n) is 2.48. The number of thiazole rings is 1. The third-order valence-electron chi connectivity index (χ3n) is 3.53. The van der Waals surface area contributed by atoms with E-state index < -0.39 is 0 Å². The van der Waals surface area contributed by atoms with Gasteiger partial charge in [-0.25, -0.2) is 15.4 Å². The maximum Gasteiger partial charge on any atom is 0.290 e. The quantitative estimate of drug-likeness (QED) is 0.452. The van der Waals surface area contributed by atoms with Crippen LogP contribution in [-0.2, 0) is 0 Å². The molecule has 1 N–H and O–H groups in total. The van der Waals surface area contributed by atoms with Gasteiger partial charge in [-0.1, -0.05) is 17.7 Å². The number of aromatic nitrogens is 4. The summed E-state index contributed by atoms with van der Waals surface area (Å²) in [6.45, 7) is 1.79. The van der Waals surface area contributed by atoms with Gasteiger partial charge in [0.1, 0.15) is 17.0 Å². The molecule has 1 amide bonds. The van der Waals surface area contributed by atoms with Crippen molar-refractivity contribution >= 4 is 45.7 Å². The maximum atomic E-state index is 12.4. The Morgan fingerprint density at radius 2 is 2.21 bits per heavy atom. The van der Waals surface area contributed by atoms with Crippen LogP contribution in [-0.4, -0.2) is 30.9 Å². The second-order valence-corrected chi connectivity index (χ2v) is 6.25. The minimum Gasteiger partial charge on any atom is -0.295 e. The van der Waals surface area contributed by atoms with E-state index in [1.165, 1.54) is 17.6 Å². The normalized spacial score (nSPS) is 11.8. The molecule has 0 unspecified atom stereocenters. The zero-order valence-electron chi connectivity index (χ0n) is 12.5. The van der Waals surface area contributed by atoms with E-state index in [2.05, 4.69) is 20.5 Å². The number of nitrogens with one attached hydrogen (secondary N) is 1. The second kappa shape index (κ2) is 5.73. The first-order valence-corrected chi connectivity index (χ1v) is 8.29. The lowest BCUT2D eigenvalue weighted by Crippen LogP contribution is -2.20. The molecule has 0 aromatic carbocycles. The van der Waals surface area contributed by atoms with Gasteiger partial charge in [0.15, 0.2) is 10.1 Å². The Morgan fingerprint density at radius 3 is 3.08 bits per heavy atom. The monoisotopic (exact) mass is 358 g/mol. The van der Waals surface area contributed by atoms with Crippen LogP contribution in [0.4, 0.5) is 0 Å². The van der Waals surface area contributed by atoms with E-state index in [0.29, 0.717) is 27.9 Å². The van der Waals surface area contributed by atoms with Crippen molar-refractivity contribution in [1.29, 1.82) is 0 Å². The van der Waals surface area contributed by atoms with Crippen LogP contribution >= 0.6 is 22.9 Å². The molecule has 7 nitrogen and oxygen atoms in total. The number of halogens is 1. The topological polar surface area (TPSA) is 76.1 Å². The Balaban J connectivity index is 1.61. The van der Waals surface area contributed by atoms with E-state index in [9.17, 15) is 4.79 Å². The first-order chi connectivity index (χ1) is 11.6. The Labute approximate surface area is 145 Å². The van der Waals surface area contributed by atoms with Crippen molar-refractivity contribution in [3.63, 3.8) is 0 Å². The Hall–Kier alpha value is -2.71. The summed E-state index contributed by atoms with van der Waals surface area (Å²) >= 11 is 7.55. The van der Waals surface area contributed by atoms with Gasteiger partial charge in [-0.3, -0.25) is 13.6 Å². The number of imidazole rings is 2. The number of carbonyl (C=O) groups excluding carboxylic acids is 1. The molecule has 0 aliphatic carbocycles. The standard InChI is InChI=1S/C15H11ClN6OS/c1-9-12(22-5-3-2-4-11(22)18-9)14(23)20-17-8-10-13(16)19-15-21(10)6-7-24-15/h2-8H,1H3,(H,20,23)/b17-8-. The van der Waals surface area contributed by atoms with E-state index in [0.717, 1.165) is 4.96 Å². The van der Waals surface area contributed by atoms with E-state index in [1.54, 1.807) is 17.5 Å². The molecule has 4 heterocycles. The van der Waals surface area contributed by atoms with Gasteiger partial charge >= 0.3 is 0 Å². The van der Waals surface area contributed by atoms with E-state index in [-0.39, 0.29) is 5.91 Å². The number of fused-ring (bicyclic) bond motifs is 2. The van der Waals surface area contributed by atoms with Gasteiger partial charge in [0.05, 0.1) is 11.9 Å². The summed E-state index contributed by atoms with van der Waals surface area (Å²) in [6.07, 6.45) is 5.11. The average Bonchev–Trinajstić information content (AvgIpc) is 3.21. The molecule has 24 heavy (non-hydrogen) atoms. The van der Waals surface area contributed by atoms with Crippen molar-refractivity contribution < 1.29 is 4.79 Å². The largest absolute Gasteiger partial charge is 0.295 e. The van der Waals surface area contributed by atoms with Gasteiger partial charge in [-0.2, -0.15) is 5.10 Å². The summed E-state index contributed by atoms with van der Waals surface area (Å²) in [4.78, 5) is 21.8. The van der Waals surface area contributed by atoms with Crippen molar-refractivity contribution in [3.8, 4) is 0 Å². The lowest BCUT2D eigenvalue weighted by Gasteiger charge is -2.01. The minimum atomic E-state index is -0.343. The summed E-state index contributed by atoms with van der Waals surface area (Å²) in [7, 11) is 0. The Bertz CT molecular complexity index is 1090. The van der Waals surface area contributed by atoms with Crippen molar-refractivity contribution in [2.45, 2.75) is 6.92 Å². The van der Waals surface area contributed by atoms with Gasteiger partial charge in [-0.05, 0) is 19.1 Å². The second-order valence-electron chi connectivity index (χ2n) is 5.02. The van der Waals surface area contributed by atoms with Crippen LogP contribution in [0.2, 0.25) is 5.15 Å². The first kappa shape index (κ1) is 14.9. The van der Waals surface area contributed by atoms with Crippen LogP contribution in [0.3, 0.4) is 0 Å². The molecule has 0 bridgehead atoms. The maximum absolute atomic E-state index is 12.4. The molecule has 0 atom stereocenters. The SMILES string of the molecule is Cc1nc2ccccn2c1C(=O)N/N=C\c1c(Cl)nc2sccn12. The summed E-state index contributed by atoms with van der Waals surface area (Å²) in [6, 6.07) is 5.55. The molecule has 120 valence electrons. The lowest BCUT2D eigenvalue weighted by molar-refractivity contribution is 0.0948. The summed E-state index contributed by atoms with van der Waals surface area (Å²) in [5.74, 6) is -0.343. The van der Waals surface area contributed by atoms with Crippen LogP contribution in [0, 0.1) is 6.92 Å². The number of carbonyl (C=O) groups is 1. The highest BCUT2D eigenvalue weighted by Crippen LogP contribution is 2.19. The highest BCUT2D eigenvalue weighted by Gasteiger charge is 2.16. The predicted molar refractivity (Wildman–Crippen MR) is 93.1 cm³/mol. The molecule has 0 saturated carbocycles. The van der Waals surface area contributed by atoms with E-state index in [4.69, 9.17) is 11.6 Å². The van der Waals surface area contributed by atoms with Crippen LogP contribution in [0.1, 0.15) is 21.9 Å². The molecule has 0 aliphatic rings. The third kappa shape index (κ3) is 2.36. The smallest absolute Gasteiger partial charge is 0.290 e. The number of amides is 1. The molecule has 4 aromatic rings. The number of aryl methyl sites for hydroxylation is 1. The molecule has 4 rings (SSSR count). The number of hydrazone groups is 1. The molecule has 0 fully saturated rings. The van der Waals surface area contributed by atoms with E-state index in [1.807, 2.05) is 34.2 Å². The van der Waals surface area contributed by atoms with Crippen LogP contribution in [0.25, 0.3) is 10.6 Å². The van der Waals surface area contributed by atoms with Gasteiger partial charge in [0, 0.05) is 17.8 Å². The lowest BCUT2D eigenvalue weighted by atomic mass is 10.3. The first-order valence-electron chi connectivity index (χ1n) is 7.03. The summed E-state index contributed by atoms with van der Waals surface area (Å²) in [5, 5.41) is 6.24. The number of rotatable bonds is 3. The third-order valence-corrected chi connectivity index (χ3v) is 4.56. The molecule has 4 aromatic heterocycles. The molecule has 9 heteroatoms. The van der Waals surface area contributed by atoms with Crippen molar-refractivity contribution in [2.24, 2.45) is 5.10 Å². The predicted octanol–water partition coefficient (Wildman–Crippen LogP) is 2.77. The van der Waals surface area contributed by atoms with E-state index >= 15 is 0 Å². The minimum absolute atomic E-state index is 0.339. The van der Waals surface area contributed by atoms with Gasteiger partial charge < -0.3 is 0 Å². The van der Waals surface area contributed by atoms with Crippen LogP contribution < -0.4 is 5.43 Å². The zero-order chi connectivity index (χ0) is 16.7. The highest BCUT2D eigenvalue weighted by atomic mass is 35.5. The number of pyridine rings is 1. The number of hydrogen-bond donors (Lipinski definition) is 1. The van der Waals surface area contributed by atoms with Crippen molar-refractivity contribution in [3.05, 3.63) is 58.2 Å². The fraction of sp³-hybridized carbons (Fsp3) is 0.0667. The number of hydrogen-bond acceptors (Lipinski definition) is 5. The van der Waals surface area contributed by atoms with Gasteiger partial charge in [-0.15, -0.1) is 11.3 Å². The molecular weight excluding hydrogens is 348 g/mol. The van der Waals surface area contributed by atoms with Crippen molar-refractivity contribution in [1.82, 2.24) is 24.2 Å².